The van der Waals surface area contributed by atoms with Gasteiger partial charge in [-0.15, -0.1) is 0 Å². The summed E-state index contributed by atoms with van der Waals surface area (Å²) >= 11 is 5.53. The lowest BCUT2D eigenvalue weighted by Gasteiger charge is -2.29. The molecule has 94 valence electrons. The number of hydrogen-bond acceptors (Lipinski definition) is 4. The molecule has 5 heteroatoms. The summed E-state index contributed by atoms with van der Waals surface area (Å²) < 4.78 is 1.06. The van der Waals surface area contributed by atoms with Crippen LogP contribution in [0, 0.1) is 0 Å². The summed E-state index contributed by atoms with van der Waals surface area (Å²) in [4.78, 5) is 6.98. The fraction of sp³-hybridized carbons (Fsp3) is 0.583. The van der Waals surface area contributed by atoms with Gasteiger partial charge in [-0.25, -0.2) is 4.98 Å². The van der Waals surface area contributed by atoms with Gasteiger partial charge in [0.2, 0.25) is 0 Å². The number of rotatable bonds is 4. The lowest BCUT2D eigenvalue weighted by Crippen LogP contribution is -2.34. The second-order valence-corrected chi connectivity index (χ2v) is 6.16. The molecular weight excluding hydrogens is 298 g/mol. The molecule has 1 N–H and O–H groups in total. The summed E-state index contributed by atoms with van der Waals surface area (Å²) in [5.41, 5.74) is 1.29. The Kier molecular flexibility index (Phi) is 5.13. The molecule has 1 saturated heterocycles. The SMILES string of the molecule is CCNCc1cc(Br)cnc1N1CCSCC1. The molecular formula is C12H18BrN3S. The average molecular weight is 316 g/mol. The Morgan fingerprint density at radius 1 is 1.47 bits per heavy atom. The van der Waals surface area contributed by atoms with Crippen LogP contribution in [0.15, 0.2) is 16.7 Å². The van der Waals surface area contributed by atoms with Crippen molar-refractivity contribution in [1.29, 1.82) is 0 Å². The molecule has 0 saturated carbocycles. The summed E-state index contributed by atoms with van der Waals surface area (Å²) in [5.74, 6) is 3.56. The van der Waals surface area contributed by atoms with Crippen LogP contribution < -0.4 is 10.2 Å². The molecule has 0 radical (unpaired) electrons. The summed E-state index contributed by atoms with van der Waals surface area (Å²) in [6, 6.07) is 2.17. The van der Waals surface area contributed by atoms with Gasteiger partial charge in [0, 0.05) is 47.4 Å². The molecule has 1 aliphatic rings. The van der Waals surface area contributed by atoms with E-state index in [1.807, 2.05) is 18.0 Å². The number of hydrogen-bond donors (Lipinski definition) is 1. The molecule has 0 aliphatic carbocycles. The number of anilines is 1. The van der Waals surface area contributed by atoms with E-state index in [-0.39, 0.29) is 0 Å². The van der Waals surface area contributed by atoms with Crippen molar-refractivity contribution in [2.24, 2.45) is 0 Å². The van der Waals surface area contributed by atoms with Crippen LogP contribution in [-0.4, -0.2) is 36.1 Å². The maximum absolute atomic E-state index is 4.58. The summed E-state index contributed by atoms with van der Waals surface area (Å²) in [5, 5.41) is 3.38. The topological polar surface area (TPSA) is 28.2 Å². The molecule has 0 aromatic carbocycles. The first-order valence-corrected chi connectivity index (χ1v) is 7.94. The van der Waals surface area contributed by atoms with Gasteiger partial charge in [0.25, 0.3) is 0 Å². The smallest absolute Gasteiger partial charge is 0.133 e. The standard InChI is InChI=1S/C12H18BrN3S/c1-2-14-8-10-7-11(13)9-15-12(10)16-3-5-17-6-4-16/h7,9,14H,2-6,8H2,1H3. The number of thioether (sulfide) groups is 1. The van der Waals surface area contributed by atoms with Crippen LogP contribution in [-0.2, 0) is 6.54 Å². The highest BCUT2D eigenvalue weighted by molar-refractivity contribution is 9.10. The number of nitrogens with zero attached hydrogens (tertiary/aromatic N) is 2. The summed E-state index contributed by atoms with van der Waals surface area (Å²) in [6.45, 7) is 6.23. The monoisotopic (exact) mass is 315 g/mol. The molecule has 1 aromatic rings. The zero-order valence-corrected chi connectivity index (χ0v) is 12.5. The van der Waals surface area contributed by atoms with Gasteiger partial charge in [-0.3, -0.25) is 0 Å². The minimum absolute atomic E-state index is 0.891. The van der Waals surface area contributed by atoms with Gasteiger partial charge in [-0.05, 0) is 28.5 Å². The zero-order chi connectivity index (χ0) is 12.1. The molecule has 2 heterocycles. The third-order valence-electron chi connectivity index (χ3n) is 2.79. The minimum atomic E-state index is 0.891. The molecule has 0 atom stereocenters. The number of halogens is 1. The van der Waals surface area contributed by atoms with Crippen molar-refractivity contribution in [1.82, 2.24) is 10.3 Å². The molecule has 0 spiro atoms. The van der Waals surface area contributed by atoms with Gasteiger partial charge in [-0.1, -0.05) is 6.92 Å². The van der Waals surface area contributed by atoms with E-state index in [0.29, 0.717) is 0 Å². The molecule has 0 amide bonds. The van der Waals surface area contributed by atoms with Crippen LogP contribution in [0.4, 0.5) is 5.82 Å². The van der Waals surface area contributed by atoms with Crippen molar-refractivity contribution in [3.63, 3.8) is 0 Å². The maximum Gasteiger partial charge on any atom is 0.133 e. The van der Waals surface area contributed by atoms with Gasteiger partial charge in [0.15, 0.2) is 0 Å². The fourth-order valence-corrected chi connectivity index (χ4v) is 3.21. The Bertz CT molecular complexity index is 367. The number of nitrogens with one attached hydrogen (secondary N) is 1. The van der Waals surface area contributed by atoms with E-state index in [1.54, 1.807) is 0 Å². The van der Waals surface area contributed by atoms with Crippen molar-refractivity contribution >= 4 is 33.5 Å². The van der Waals surface area contributed by atoms with Crippen molar-refractivity contribution in [2.75, 3.05) is 36.0 Å². The highest BCUT2D eigenvalue weighted by Crippen LogP contribution is 2.24. The third-order valence-corrected chi connectivity index (χ3v) is 4.16. The van der Waals surface area contributed by atoms with Gasteiger partial charge >= 0.3 is 0 Å². The fourth-order valence-electron chi connectivity index (χ4n) is 1.92. The normalized spacial score (nSPS) is 16.2. The van der Waals surface area contributed by atoms with Crippen LogP contribution >= 0.6 is 27.7 Å². The second-order valence-electron chi connectivity index (χ2n) is 4.02. The van der Waals surface area contributed by atoms with Crippen LogP contribution in [0.25, 0.3) is 0 Å². The van der Waals surface area contributed by atoms with Crippen molar-refractivity contribution in [3.05, 3.63) is 22.3 Å². The lowest BCUT2D eigenvalue weighted by atomic mass is 10.2. The van der Waals surface area contributed by atoms with Crippen LogP contribution in [0.3, 0.4) is 0 Å². The molecule has 17 heavy (non-hydrogen) atoms. The van der Waals surface area contributed by atoms with Crippen molar-refractivity contribution < 1.29 is 0 Å². The third kappa shape index (κ3) is 3.60. The van der Waals surface area contributed by atoms with Gasteiger partial charge in [0.1, 0.15) is 5.82 Å². The van der Waals surface area contributed by atoms with E-state index >= 15 is 0 Å². The van der Waals surface area contributed by atoms with Gasteiger partial charge in [0.05, 0.1) is 0 Å². The maximum atomic E-state index is 4.58. The first-order valence-electron chi connectivity index (χ1n) is 5.99. The van der Waals surface area contributed by atoms with E-state index in [0.717, 1.165) is 36.5 Å². The van der Waals surface area contributed by atoms with E-state index in [1.165, 1.54) is 17.1 Å². The summed E-state index contributed by atoms with van der Waals surface area (Å²) in [6.07, 6.45) is 1.90. The average Bonchev–Trinajstić information content (AvgIpc) is 2.37. The number of pyridine rings is 1. The predicted molar refractivity (Wildman–Crippen MR) is 78.9 cm³/mol. The van der Waals surface area contributed by atoms with Crippen molar-refractivity contribution in [2.45, 2.75) is 13.5 Å². The molecule has 1 aliphatic heterocycles. The number of aromatic nitrogens is 1. The van der Waals surface area contributed by atoms with E-state index in [2.05, 4.69) is 44.1 Å². The van der Waals surface area contributed by atoms with Crippen LogP contribution in [0.1, 0.15) is 12.5 Å². The molecule has 1 fully saturated rings. The van der Waals surface area contributed by atoms with Crippen LogP contribution in [0.2, 0.25) is 0 Å². The van der Waals surface area contributed by atoms with E-state index in [4.69, 9.17) is 0 Å². The van der Waals surface area contributed by atoms with E-state index < -0.39 is 0 Å². The first kappa shape index (κ1) is 13.2. The Morgan fingerprint density at radius 3 is 2.94 bits per heavy atom. The predicted octanol–water partition coefficient (Wildman–Crippen LogP) is 2.51. The molecule has 0 unspecified atom stereocenters. The Morgan fingerprint density at radius 2 is 2.24 bits per heavy atom. The van der Waals surface area contributed by atoms with Crippen molar-refractivity contribution in [3.8, 4) is 0 Å². The molecule has 3 nitrogen and oxygen atoms in total. The first-order chi connectivity index (χ1) is 8.31. The Balaban J connectivity index is 2.18. The molecule has 1 aromatic heterocycles. The summed E-state index contributed by atoms with van der Waals surface area (Å²) in [7, 11) is 0. The highest BCUT2D eigenvalue weighted by atomic mass is 79.9. The van der Waals surface area contributed by atoms with Crippen LogP contribution in [0.5, 0.6) is 0 Å². The quantitative estimate of drug-likeness (QED) is 0.924. The lowest BCUT2D eigenvalue weighted by molar-refractivity contribution is 0.715. The second kappa shape index (κ2) is 6.61. The Hall–Kier alpha value is -0.260. The van der Waals surface area contributed by atoms with Gasteiger partial charge < -0.3 is 10.2 Å². The largest absolute Gasteiger partial charge is 0.355 e. The Labute approximate surface area is 116 Å². The van der Waals surface area contributed by atoms with E-state index in [9.17, 15) is 0 Å². The minimum Gasteiger partial charge on any atom is -0.355 e. The highest BCUT2D eigenvalue weighted by Gasteiger charge is 2.15. The van der Waals surface area contributed by atoms with Gasteiger partial charge in [-0.2, -0.15) is 11.8 Å². The zero-order valence-electron chi connectivity index (χ0n) is 10.1. The molecule has 0 bridgehead atoms. The molecule has 2 rings (SSSR count).